The van der Waals surface area contributed by atoms with Crippen LogP contribution in [0, 0.1) is 6.92 Å². The van der Waals surface area contributed by atoms with Gasteiger partial charge in [0.1, 0.15) is 0 Å². The smallest absolute Gasteiger partial charge is 0.332 e. The van der Waals surface area contributed by atoms with Crippen molar-refractivity contribution in [3.63, 3.8) is 0 Å². The van der Waals surface area contributed by atoms with E-state index >= 15 is 0 Å². The van der Waals surface area contributed by atoms with Crippen LogP contribution in [-0.4, -0.2) is 41.9 Å². The van der Waals surface area contributed by atoms with Crippen molar-refractivity contribution in [2.45, 2.75) is 32.6 Å². The molecule has 7 nitrogen and oxygen atoms in total. The van der Waals surface area contributed by atoms with Gasteiger partial charge in [-0.05, 0) is 19.4 Å². The summed E-state index contributed by atoms with van der Waals surface area (Å²) >= 11 is 6.03. The largest absolute Gasteiger partial charge is 0.449 e. The molecule has 0 aliphatic carbocycles. The van der Waals surface area contributed by atoms with E-state index in [1.54, 1.807) is 13.8 Å². The normalized spacial score (nSPS) is 17.4. The van der Waals surface area contributed by atoms with Crippen LogP contribution in [0.15, 0.2) is 12.4 Å². The van der Waals surface area contributed by atoms with Crippen molar-refractivity contribution >= 4 is 28.7 Å². The van der Waals surface area contributed by atoms with Crippen molar-refractivity contribution in [1.29, 1.82) is 0 Å². The van der Waals surface area contributed by atoms with Gasteiger partial charge in [0.25, 0.3) is 5.91 Å². The lowest BCUT2D eigenvalue weighted by Crippen LogP contribution is -2.41. The van der Waals surface area contributed by atoms with E-state index in [1.807, 2.05) is 0 Å². The molecule has 0 saturated carbocycles. The van der Waals surface area contributed by atoms with Crippen LogP contribution in [0.4, 0.5) is 13.2 Å². The number of rotatable bonds is 1. The number of aromatic nitrogens is 5. The minimum atomic E-state index is -4.54. The maximum atomic E-state index is 13.1. The quantitative estimate of drug-likeness (QED) is 0.681. The standard InChI is InChI=1S/C16H14ClF3N6O/c1-7-5-25(6-9-3-22-15(26(7)9)16(18,19)20)14(27)13-23-11-8(2)10(17)4-21-12(11)24-13/h3-4,7H,5-6H2,1-2H3,(H,21,23,24)/t7-/m1/s1. The first kappa shape index (κ1) is 17.8. The molecule has 0 radical (unpaired) electrons. The molecule has 0 saturated heterocycles. The third-order valence-corrected chi connectivity index (χ3v) is 4.99. The molecule has 3 aromatic rings. The zero-order chi connectivity index (χ0) is 19.5. The second kappa shape index (κ2) is 5.95. The van der Waals surface area contributed by atoms with Crippen LogP contribution >= 0.6 is 11.6 Å². The minimum absolute atomic E-state index is 0.0104. The van der Waals surface area contributed by atoms with E-state index in [9.17, 15) is 18.0 Å². The number of imidazole rings is 2. The molecule has 0 bridgehead atoms. The number of halogens is 4. The fourth-order valence-corrected chi connectivity index (χ4v) is 3.48. The van der Waals surface area contributed by atoms with Crippen LogP contribution in [0.25, 0.3) is 11.2 Å². The molecule has 0 fully saturated rings. The highest BCUT2D eigenvalue weighted by molar-refractivity contribution is 6.31. The van der Waals surface area contributed by atoms with Gasteiger partial charge in [-0.25, -0.2) is 15.0 Å². The molecular formula is C16H14ClF3N6O. The highest BCUT2D eigenvalue weighted by Gasteiger charge is 2.40. The third-order valence-electron chi connectivity index (χ3n) is 4.61. The van der Waals surface area contributed by atoms with E-state index in [-0.39, 0.29) is 18.9 Å². The van der Waals surface area contributed by atoms with Gasteiger partial charge in [-0.2, -0.15) is 13.2 Å². The number of alkyl halides is 3. The predicted molar refractivity (Wildman–Crippen MR) is 90.3 cm³/mol. The Balaban J connectivity index is 1.66. The molecule has 1 aliphatic rings. The fraction of sp³-hybridized carbons (Fsp3) is 0.375. The summed E-state index contributed by atoms with van der Waals surface area (Å²) in [5, 5.41) is 0.445. The Bertz CT molecular complexity index is 1060. The maximum Gasteiger partial charge on any atom is 0.449 e. The third kappa shape index (κ3) is 2.84. The minimum Gasteiger partial charge on any atom is -0.332 e. The molecule has 27 heavy (non-hydrogen) atoms. The van der Waals surface area contributed by atoms with Gasteiger partial charge in [-0.3, -0.25) is 4.79 Å². The van der Waals surface area contributed by atoms with Gasteiger partial charge in [0.2, 0.25) is 5.82 Å². The monoisotopic (exact) mass is 398 g/mol. The zero-order valence-corrected chi connectivity index (χ0v) is 15.1. The van der Waals surface area contributed by atoms with E-state index in [2.05, 4.69) is 19.9 Å². The highest BCUT2D eigenvalue weighted by Crippen LogP contribution is 2.34. The number of carbonyl (C=O) groups is 1. The number of hydrogen-bond acceptors (Lipinski definition) is 4. The van der Waals surface area contributed by atoms with Crippen molar-refractivity contribution in [2.75, 3.05) is 6.54 Å². The molecule has 0 spiro atoms. The Morgan fingerprint density at radius 3 is 2.78 bits per heavy atom. The maximum absolute atomic E-state index is 13.1. The fourth-order valence-electron chi connectivity index (χ4n) is 3.33. The molecule has 1 amide bonds. The van der Waals surface area contributed by atoms with Gasteiger partial charge in [0.15, 0.2) is 11.5 Å². The SMILES string of the molecule is Cc1c(Cl)cnc2nc(C(=O)N3Cc4cnc(C(F)(F)F)n4[C@H](C)C3)[nH]c12. The molecule has 1 aliphatic heterocycles. The summed E-state index contributed by atoms with van der Waals surface area (Å²) in [6.45, 7) is 3.51. The van der Waals surface area contributed by atoms with E-state index in [1.165, 1.54) is 11.1 Å². The van der Waals surface area contributed by atoms with E-state index in [4.69, 9.17) is 11.6 Å². The number of aryl methyl sites for hydroxylation is 1. The van der Waals surface area contributed by atoms with Crippen LogP contribution in [0.5, 0.6) is 0 Å². The Morgan fingerprint density at radius 2 is 2.07 bits per heavy atom. The second-order valence-corrected chi connectivity index (χ2v) is 6.90. The number of hydrogen-bond donors (Lipinski definition) is 1. The summed E-state index contributed by atoms with van der Waals surface area (Å²) in [6, 6.07) is -0.574. The molecule has 0 unspecified atom stereocenters. The van der Waals surface area contributed by atoms with Crippen molar-refractivity contribution in [1.82, 2.24) is 29.4 Å². The second-order valence-electron chi connectivity index (χ2n) is 6.49. The Hall–Kier alpha value is -2.62. The van der Waals surface area contributed by atoms with Crippen LogP contribution in [0.1, 0.15) is 40.7 Å². The Kier molecular flexibility index (Phi) is 3.91. The highest BCUT2D eigenvalue weighted by atomic mass is 35.5. The summed E-state index contributed by atoms with van der Waals surface area (Å²) < 4.78 is 40.4. The Morgan fingerprint density at radius 1 is 1.33 bits per heavy atom. The molecule has 4 rings (SSSR count). The number of nitrogens with one attached hydrogen (secondary N) is 1. The number of amides is 1. The topological polar surface area (TPSA) is 79.7 Å². The van der Waals surface area contributed by atoms with Gasteiger partial charge < -0.3 is 14.5 Å². The van der Waals surface area contributed by atoms with Crippen molar-refractivity contribution in [2.24, 2.45) is 0 Å². The van der Waals surface area contributed by atoms with E-state index in [0.29, 0.717) is 27.4 Å². The Labute approximate surface area is 156 Å². The van der Waals surface area contributed by atoms with Crippen molar-refractivity contribution in [3.8, 4) is 0 Å². The summed E-state index contributed by atoms with van der Waals surface area (Å²) in [7, 11) is 0. The lowest BCUT2D eigenvalue weighted by molar-refractivity contribution is -0.148. The molecule has 1 atom stereocenters. The lowest BCUT2D eigenvalue weighted by Gasteiger charge is -2.33. The van der Waals surface area contributed by atoms with Crippen molar-refractivity contribution in [3.05, 3.63) is 40.3 Å². The van der Waals surface area contributed by atoms with E-state index < -0.39 is 23.9 Å². The van der Waals surface area contributed by atoms with Gasteiger partial charge >= 0.3 is 6.18 Å². The first-order valence-corrected chi connectivity index (χ1v) is 8.48. The molecule has 142 valence electrons. The summed E-state index contributed by atoms with van der Waals surface area (Å²) in [6.07, 6.45) is -1.93. The molecule has 0 aromatic carbocycles. The number of H-pyrrole nitrogens is 1. The predicted octanol–water partition coefficient (Wildman–Crippen LogP) is 3.35. The van der Waals surface area contributed by atoms with E-state index in [0.717, 1.165) is 10.8 Å². The first-order chi connectivity index (χ1) is 12.7. The van der Waals surface area contributed by atoms with Gasteiger partial charge in [-0.1, -0.05) is 11.6 Å². The van der Waals surface area contributed by atoms with Crippen LogP contribution in [0.2, 0.25) is 5.02 Å². The van der Waals surface area contributed by atoms with Crippen LogP contribution < -0.4 is 0 Å². The summed E-state index contributed by atoms with van der Waals surface area (Å²) in [5.41, 5.74) is 1.95. The first-order valence-electron chi connectivity index (χ1n) is 8.10. The number of nitrogens with zero attached hydrogens (tertiary/aromatic N) is 5. The summed E-state index contributed by atoms with van der Waals surface area (Å²) in [5.74, 6) is -1.30. The van der Waals surface area contributed by atoms with Crippen LogP contribution in [-0.2, 0) is 12.7 Å². The van der Waals surface area contributed by atoms with Gasteiger partial charge in [0, 0.05) is 12.7 Å². The number of aromatic amines is 1. The molecule has 1 N–H and O–H groups in total. The lowest BCUT2D eigenvalue weighted by atomic mass is 10.2. The van der Waals surface area contributed by atoms with Crippen molar-refractivity contribution < 1.29 is 18.0 Å². The van der Waals surface area contributed by atoms with Gasteiger partial charge in [-0.15, -0.1) is 0 Å². The zero-order valence-electron chi connectivity index (χ0n) is 14.3. The molecule has 11 heteroatoms. The molecular weight excluding hydrogens is 385 g/mol. The molecule has 3 aromatic heterocycles. The average Bonchev–Trinajstić information content (AvgIpc) is 3.22. The number of fused-ring (bicyclic) bond motifs is 2. The summed E-state index contributed by atoms with van der Waals surface area (Å²) in [4.78, 5) is 29.0. The average molecular weight is 399 g/mol. The number of pyridine rings is 1. The van der Waals surface area contributed by atoms with Crippen LogP contribution in [0.3, 0.4) is 0 Å². The molecule has 4 heterocycles. The van der Waals surface area contributed by atoms with Gasteiger partial charge in [0.05, 0.1) is 35.0 Å². The number of carbonyl (C=O) groups excluding carboxylic acids is 1.